The molecule has 1 aromatic heterocycles. The van der Waals surface area contributed by atoms with Crippen molar-refractivity contribution in [1.29, 1.82) is 0 Å². The average molecular weight is 584 g/mol. The van der Waals surface area contributed by atoms with Gasteiger partial charge in [-0.1, -0.05) is 48.6 Å². The number of aromatic nitrogens is 1. The first-order valence-electron chi connectivity index (χ1n) is 14.4. The maximum Gasteiger partial charge on any atom is 0.169 e. The molecule has 5 rings (SSSR count). The van der Waals surface area contributed by atoms with Crippen molar-refractivity contribution in [2.24, 2.45) is 10.9 Å². The second-order valence-electron chi connectivity index (χ2n) is 11.1. The van der Waals surface area contributed by atoms with Crippen molar-refractivity contribution < 1.29 is 9.18 Å². The normalized spacial score (nSPS) is 20.1. The predicted octanol–water partition coefficient (Wildman–Crippen LogP) is 7.42. The highest BCUT2D eigenvalue weighted by Gasteiger charge is 2.29. The van der Waals surface area contributed by atoms with Crippen LogP contribution in [0.15, 0.2) is 95.4 Å². The largest absolute Gasteiger partial charge is 0.342 e. The number of aryl methyl sites for hydroxylation is 1. The summed E-state index contributed by atoms with van der Waals surface area (Å²) in [6, 6.07) is 13.2. The minimum absolute atomic E-state index is 0.137. The molecule has 2 atom stereocenters. The number of Topliss-reactive ketones (excluding diaryl/α,β-unsaturated/α-hetero) is 1. The van der Waals surface area contributed by atoms with Gasteiger partial charge in [0.1, 0.15) is 17.5 Å². The molecule has 1 unspecified atom stereocenters. The third-order valence-corrected chi connectivity index (χ3v) is 8.79. The van der Waals surface area contributed by atoms with E-state index in [1.807, 2.05) is 54.2 Å². The maximum atomic E-state index is 13.6. The van der Waals surface area contributed by atoms with E-state index in [1.54, 1.807) is 30.4 Å². The Morgan fingerprint density at radius 3 is 2.81 bits per heavy atom. The summed E-state index contributed by atoms with van der Waals surface area (Å²) >= 11 is 1.68. The van der Waals surface area contributed by atoms with Crippen LogP contribution >= 0.6 is 11.3 Å². The summed E-state index contributed by atoms with van der Waals surface area (Å²) in [5.41, 5.74) is 6.07. The summed E-state index contributed by atoms with van der Waals surface area (Å²) in [6.45, 7) is 7.45. The molecule has 0 saturated heterocycles. The fourth-order valence-electron chi connectivity index (χ4n) is 5.50. The lowest BCUT2D eigenvalue weighted by Gasteiger charge is -2.26. The molecule has 3 aromatic rings. The van der Waals surface area contributed by atoms with Crippen LogP contribution in [0.2, 0.25) is 0 Å². The Morgan fingerprint density at radius 2 is 2.05 bits per heavy atom. The van der Waals surface area contributed by atoms with Crippen molar-refractivity contribution >= 4 is 28.6 Å². The first kappa shape index (κ1) is 29.6. The second kappa shape index (κ2) is 13.9. The Morgan fingerprint density at radius 1 is 1.21 bits per heavy atom. The van der Waals surface area contributed by atoms with Crippen molar-refractivity contribution in [3.8, 4) is 0 Å². The number of nitrogens with one attached hydrogen (secondary N) is 2. The number of anilines is 1. The molecule has 1 aliphatic heterocycles. The molecule has 1 fully saturated rings. The minimum atomic E-state index is -0.225. The lowest BCUT2D eigenvalue weighted by molar-refractivity contribution is 0.0930. The lowest BCUT2D eigenvalue weighted by atomic mass is 9.87. The molecular weight excluding hydrogens is 545 g/mol. The van der Waals surface area contributed by atoms with Gasteiger partial charge in [-0.25, -0.2) is 4.39 Å². The number of thiazole rings is 1. The fraction of sp³-hybridized carbons (Fsp3) is 0.324. The number of allylic oxidation sites excluding steroid dienone is 3. The lowest BCUT2D eigenvalue weighted by Crippen LogP contribution is -2.30. The van der Waals surface area contributed by atoms with Crippen LogP contribution in [-0.2, 0) is 13.1 Å². The number of ketones is 1. The van der Waals surface area contributed by atoms with Gasteiger partial charge in [-0.2, -0.15) is 0 Å². The van der Waals surface area contributed by atoms with Crippen LogP contribution < -0.4 is 10.6 Å². The average Bonchev–Trinajstić information content (AvgIpc) is 3.29. The summed E-state index contributed by atoms with van der Waals surface area (Å²) in [5.74, 6) is 1.40. The highest BCUT2D eigenvalue weighted by molar-refractivity contribution is 7.09. The molecule has 2 aromatic carbocycles. The van der Waals surface area contributed by atoms with Crippen LogP contribution in [0.5, 0.6) is 0 Å². The van der Waals surface area contributed by atoms with Crippen LogP contribution in [0.1, 0.15) is 58.5 Å². The van der Waals surface area contributed by atoms with E-state index in [2.05, 4.69) is 34.1 Å². The Balaban J connectivity index is 1.16. The highest BCUT2D eigenvalue weighted by atomic mass is 32.1. The second-order valence-corrected chi connectivity index (χ2v) is 12.1. The number of benzene rings is 2. The van der Waals surface area contributed by atoms with Gasteiger partial charge in [-0.15, -0.1) is 11.3 Å². The number of aliphatic imine (C=N–C) groups is 1. The van der Waals surface area contributed by atoms with E-state index < -0.39 is 0 Å². The number of carbonyl (C=O) groups excluding carboxylic acids is 1. The number of carbonyl (C=O) groups is 1. The van der Waals surface area contributed by atoms with Crippen molar-refractivity contribution in [2.45, 2.75) is 58.2 Å². The summed E-state index contributed by atoms with van der Waals surface area (Å²) < 4.78 is 13.6. The van der Waals surface area contributed by atoms with Crippen LogP contribution in [-0.4, -0.2) is 34.6 Å². The van der Waals surface area contributed by atoms with Crippen molar-refractivity contribution in [3.05, 3.63) is 118 Å². The van der Waals surface area contributed by atoms with Crippen LogP contribution in [0.25, 0.3) is 0 Å². The van der Waals surface area contributed by atoms with E-state index in [0.717, 1.165) is 66.3 Å². The molecule has 42 heavy (non-hydrogen) atoms. The first-order chi connectivity index (χ1) is 20.4. The Labute approximate surface area is 251 Å². The number of hydrogen-bond acceptors (Lipinski definition) is 6. The zero-order chi connectivity index (χ0) is 29.5. The summed E-state index contributed by atoms with van der Waals surface area (Å²) in [6.07, 6.45) is 12.3. The predicted molar refractivity (Wildman–Crippen MR) is 170 cm³/mol. The summed E-state index contributed by atoms with van der Waals surface area (Å²) in [7, 11) is 2.16. The quantitative estimate of drug-likeness (QED) is 0.156. The molecule has 2 N–H and O–H groups in total. The molecule has 1 aliphatic carbocycles. The number of halogens is 1. The Bertz CT molecular complexity index is 1490. The van der Waals surface area contributed by atoms with Crippen LogP contribution in [0, 0.1) is 18.7 Å². The monoisotopic (exact) mass is 583 g/mol. The van der Waals surface area contributed by atoms with Crippen molar-refractivity contribution in [3.63, 3.8) is 0 Å². The van der Waals surface area contributed by atoms with Crippen LogP contribution in [0.4, 0.5) is 10.1 Å². The summed E-state index contributed by atoms with van der Waals surface area (Å²) in [4.78, 5) is 26.1. The van der Waals surface area contributed by atoms with Gasteiger partial charge in [-0.3, -0.25) is 19.7 Å². The topological polar surface area (TPSA) is 69.6 Å². The SMILES string of the molecule is C=C1CCC(N(C)Cc2cncs2)CC[C@H]1C(=O)c1ccc(CN=C2CC=CC=C(Nc3ccc(F)c(C)c3)N2)cc1. The van der Waals surface area contributed by atoms with Crippen molar-refractivity contribution in [1.82, 2.24) is 15.2 Å². The van der Waals surface area contributed by atoms with E-state index in [0.29, 0.717) is 24.6 Å². The van der Waals surface area contributed by atoms with Gasteiger partial charge >= 0.3 is 0 Å². The van der Waals surface area contributed by atoms with Gasteiger partial charge in [0.2, 0.25) is 0 Å². The summed E-state index contributed by atoms with van der Waals surface area (Å²) in [5, 5.41) is 6.65. The van der Waals surface area contributed by atoms with Gasteiger partial charge < -0.3 is 10.6 Å². The zero-order valence-electron chi connectivity index (χ0n) is 24.3. The number of rotatable bonds is 9. The van der Waals surface area contributed by atoms with E-state index in [4.69, 9.17) is 4.99 Å². The van der Waals surface area contributed by atoms with Gasteiger partial charge in [0.25, 0.3) is 0 Å². The smallest absolute Gasteiger partial charge is 0.169 e. The molecule has 6 nitrogen and oxygen atoms in total. The molecule has 2 aliphatic rings. The molecule has 0 bridgehead atoms. The van der Waals surface area contributed by atoms with Crippen molar-refractivity contribution in [2.75, 3.05) is 12.4 Å². The molecule has 1 saturated carbocycles. The first-order valence-corrected chi connectivity index (χ1v) is 15.3. The third-order valence-electron chi connectivity index (χ3n) is 8.03. The van der Waals surface area contributed by atoms with E-state index in [9.17, 15) is 9.18 Å². The molecule has 8 heteroatoms. The van der Waals surface area contributed by atoms with Gasteiger partial charge in [0, 0.05) is 47.3 Å². The molecule has 218 valence electrons. The number of hydrogen-bond donors (Lipinski definition) is 2. The molecule has 2 heterocycles. The number of nitrogens with zero attached hydrogens (tertiary/aromatic N) is 3. The third kappa shape index (κ3) is 7.69. The number of amidine groups is 1. The van der Waals surface area contributed by atoms with Gasteiger partial charge in [0.15, 0.2) is 5.78 Å². The molecule has 0 spiro atoms. The standard InChI is InChI=1S/C34H38FN5OS/c1-23-8-14-28(40(3)21-29-20-36-22-42-29)15-16-30(23)34(41)26-11-9-25(10-12-26)19-37-32-6-4-5-7-33(39-32)38-27-13-17-31(35)24(2)18-27/h4-5,7,9-13,17-18,20,22,28,30,38H,1,6,8,14-16,19,21H2,2-3H3,(H,37,39)/t28?,30-/m1/s1. The highest BCUT2D eigenvalue weighted by Crippen LogP contribution is 2.32. The minimum Gasteiger partial charge on any atom is -0.342 e. The van der Waals surface area contributed by atoms with Gasteiger partial charge in [0.05, 0.1) is 12.1 Å². The Hall–Kier alpha value is -3.88. The molecule has 0 amide bonds. The maximum absolute atomic E-state index is 13.6. The Kier molecular flexibility index (Phi) is 9.77. The van der Waals surface area contributed by atoms with E-state index >= 15 is 0 Å². The van der Waals surface area contributed by atoms with Gasteiger partial charge in [-0.05, 0) is 75.1 Å². The van der Waals surface area contributed by atoms with E-state index in [-0.39, 0.29) is 17.5 Å². The zero-order valence-corrected chi connectivity index (χ0v) is 25.1. The fourth-order valence-corrected chi connectivity index (χ4v) is 6.15. The van der Waals surface area contributed by atoms with E-state index in [1.165, 1.54) is 10.9 Å². The van der Waals surface area contributed by atoms with Crippen LogP contribution in [0.3, 0.4) is 0 Å². The molecule has 0 radical (unpaired) electrons. The molecular formula is C34H38FN5OS.